The topological polar surface area (TPSA) is 117 Å². The van der Waals surface area contributed by atoms with Crippen LogP contribution in [0.5, 0.6) is 0 Å². The summed E-state index contributed by atoms with van der Waals surface area (Å²) in [5, 5.41) is 14.2. The van der Waals surface area contributed by atoms with Crippen molar-refractivity contribution in [3.05, 3.63) is 59.1 Å². The van der Waals surface area contributed by atoms with E-state index in [1.54, 1.807) is 18.5 Å². The van der Waals surface area contributed by atoms with Crippen LogP contribution in [0, 0.1) is 0 Å². The summed E-state index contributed by atoms with van der Waals surface area (Å²) >= 11 is 5.97. The highest BCUT2D eigenvalue weighted by molar-refractivity contribution is 6.30. The van der Waals surface area contributed by atoms with Crippen LogP contribution in [-0.2, 0) is 4.79 Å². The summed E-state index contributed by atoms with van der Waals surface area (Å²) in [7, 11) is 0. The molecule has 1 aromatic carbocycles. The molecule has 1 aliphatic carbocycles. The molecule has 2 aromatic heterocycles. The first-order valence-electron chi connectivity index (χ1n) is 10.2. The third kappa shape index (κ3) is 4.19. The second-order valence-electron chi connectivity index (χ2n) is 8.02. The molecule has 1 fully saturated rings. The Morgan fingerprint density at radius 1 is 1.27 bits per heavy atom. The van der Waals surface area contributed by atoms with Gasteiger partial charge in [-0.3, -0.25) is 4.79 Å². The van der Waals surface area contributed by atoms with E-state index < -0.39 is 5.54 Å². The largest absolute Gasteiger partial charge is 0.396 e. The van der Waals surface area contributed by atoms with E-state index in [4.69, 9.17) is 17.3 Å². The molecule has 1 aliphatic rings. The number of aliphatic hydroxyl groups excluding tert-OH is 1. The molecule has 1 amide bonds. The minimum absolute atomic E-state index is 0.0341. The number of benzene rings is 1. The number of carbonyl (C=O) groups is 1. The van der Waals surface area contributed by atoms with Crippen LogP contribution in [0.3, 0.4) is 0 Å². The molecule has 0 unspecified atom stereocenters. The predicted molar refractivity (Wildman–Crippen MR) is 116 cm³/mol. The zero-order valence-corrected chi connectivity index (χ0v) is 17.4. The van der Waals surface area contributed by atoms with Crippen molar-refractivity contribution >= 4 is 28.5 Å². The first-order chi connectivity index (χ1) is 14.5. The Labute approximate surface area is 180 Å². The van der Waals surface area contributed by atoms with Gasteiger partial charge in [-0.2, -0.15) is 0 Å². The molecule has 30 heavy (non-hydrogen) atoms. The molecular formula is C22H26ClN5O2. The highest BCUT2D eigenvalue weighted by atomic mass is 35.5. The second kappa shape index (κ2) is 8.71. The Hall–Kier alpha value is -2.48. The number of nitrogens with two attached hydrogens (primary N) is 1. The number of aliphatic hydroxyl groups is 1. The van der Waals surface area contributed by atoms with Crippen molar-refractivity contribution in [3.63, 3.8) is 0 Å². The van der Waals surface area contributed by atoms with Crippen molar-refractivity contribution < 1.29 is 9.90 Å². The van der Waals surface area contributed by atoms with E-state index in [1.165, 1.54) is 0 Å². The SMILES string of the molecule is NC1(C(=O)N[C@@H](CCO)c2ccc(Cl)cc2)CCC(c2ncnc3[nH]ccc23)CC1. The van der Waals surface area contributed by atoms with Crippen molar-refractivity contribution in [2.75, 3.05) is 6.61 Å². The molecule has 1 atom stereocenters. The Bertz CT molecular complexity index is 1010. The number of nitrogens with zero attached hydrogens (tertiary/aromatic N) is 2. The van der Waals surface area contributed by atoms with Crippen molar-refractivity contribution in [1.82, 2.24) is 20.3 Å². The molecule has 4 rings (SSSR count). The number of aromatic amines is 1. The maximum absolute atomic E-state index is 13.1. The van der Waals surface area contributed by atoms with Gasteiger partial charge < -0.3 is 21.1 Å². The summed E-state index contributed by atoms with van der Waals surface area (Å²) in [5.41, 5.74) is 8.36. The fourth-order valence-corrected chi connectivity index (χ4v) is 4.43. The van der Waals surface area contributed by atoms with Gasteiger partial charge in [0.2, 0.25) is 5.91 Å². The number of halogens is 1. The Kier molecular flexibility index (Phi) is 6.04. The summed E-state index contributed by atoms with van der Waals surface area (Å²) in [6.07, 6.45) is 6.58. The molecule has 5 N–H and O–H groups in total. The van der Waals surface area contributed by atoms with Gasteiger partial charge in [0.1, 0.15) is 12.0 Å². The quantitative estimate of drug-likeness (QED) is 0.482. The molecule has 3 aromatic rings. The molecule has 0 radical (unpaired) electrons. The molecule has 1 saturated carbocycles. The van der Waals surface area contributed by atoms with Crippen LogP contribution >= 0.6 is 11.6 Å². The summed E-state index contributed by atoms with van der Waals surface area (Å²) in [5.74, 6) is 0.0732. The summed E-state index contributed by atoms with van der Waals surface area (Å²) in [4.78, 5) is 25.0. The fraction of sp³-hybridized carbons (Fsp3) is 0.409. The number of carbonyl (C=O) groups excluding carboxylic acids is 1. The molecule has 8 heteroatoms. The van der Waals surface area contributed by atoms with E-state index in [0.717, 1.165) is 35.1 Å². The van der Waals surface area contributed by atoms with Gasteiger partial charge in [0, 0.05) is 29.1 Å². The molecule has 0 spiro atoms. The van der Waals surface area contributed by atoms with E-state index in [1.807, 2.05) is 24.4 Å². The number of hydrogen-bond acceptors (Lipinski definition) is 5. The van der Waals surface area contributed by atoms with Gasteiger partial charge in [0.05, 0.1) is 17.3 Å². The molecule has 0 bridgehead atoms. The van der Waals surface area contributed by atoms with Crippen LogP contribution in [0.2, 0.25) is 5.02 Å². The standard InChI is InChI=1S/C22H26ClN5O2/c23-16-3-1-14(2-4-16)18(8-12-29)28-21(30)22(24)9-5-15(6-10-22)19-17-7-11-25-20(17)27-13-26-19/h1-4,7,11,13,15,18,29H,5-6,8-10,12,24H2,(H,28,30)(H,25,26,27)/t15?,18-,22?/m0/s1. The summed E-state index contributed by atoms with van der Waals surface area (Å²) in [6.45, 7) is -0.0341. The number of hydrogen-bond donors (Lipinski definition) is 4. The molecule has 158 valence electrons. The first-order valence-corrected chi connectivity index (χ1v) is 10.6. The molecule has 7 nitrogen and oxygen atoms in total. The number of rotatable bonds is 6. The first kappa shape index (κ1) is 20.8. The number of H-pyrrole nitrogens is 1. The fourth-order valence-electron chi connectivity index (χ4n) is 4.30. The van der Waals surface area contributed by atoms with E-state index in [9.17, 15) is 9.90 Å². The Morgan fingerprint density at radius 3 is 2.70 bits per heavy atom. The lowest BCUT2D eigenvalue weighted by molar-refractivity contribution is -0.128. The van der Waals surface area contributed by atoms with E-state index in [2.05, 4.69) is 20.3 Å². The van der Waals surface area contributed by atoms with Gasteiger partial charge in [0.25, 0.3) is 0 Å². The highest BCUT2D eigenvalue weighted by Crippen LogP contribution is 2.38. The van der Waals surface area contributed by atoms with E-state index >= 15 is 0 Å². The average molecular weight is 428 g/mol. The minimum atomic E-state index is -0.930. The van der Waals surface area contributed by atoms with Crippen LogP contribution in [0.25, 0.3) is 11.0 Å². The van der Waals surface area contributed by atoms with Gasteiger partial charge in [-0.05, 0) is 55.9 Å². The second-order valence-corrected chi connectivity index (χ2v) is 8.46. The van der Waals surface area contributed by atoms with Crippen molar-refractivity contribution in [2.24, 2.45) is 5.73 Å². The van der Waals surface area contributed by atoms with E-state index in [-0.39, 0.29) is 24.5 Å². The maximum Gasteiger partial charge on any atom is 0.240 e. The Morgan fingerprint density at radius 2 is 2.00 bits per heavy atom. The molecule has 2 heterocycles. The van der Waals surface area contributed by atoms with E-state index in [0.29, 0.717) is 24.3 Å². The average Bonchev–Trinajstić information content (AvgIpc) is 3.24. The number of amides is 1. The monoisotopic (exact) mass is 427 g/mol. The van der Waals surface area contributed by atoms with Crippen LogP contribution in [-0.4, -0.2) is 38.1 Å². The van der Waals surface area contributed by atoms with Crippen LogP contribution in [0.15, 0.2) is 42.9 Å². The smallest absolute Gasteiger partial charge is 0.240 e. The van der Waals surface area contributed by atoms with Gasteiger partial charge in [-0.15, -0.1) is 0 Å². The zero-order valence-electron chi connectivity index (χ0n) is 16.6. The lowest BCUT2D eigenvalue weighted by atomic mass is 9.75. The summed E-state index contributed by atoms with van der Waals surface area (Å²) in [6, 6.07) is 8.97. The number of nitrogens with one attached hydrogen (secondary N) is 2. The van der Waals surface area contributed by atoms with Crippen molar-refractivity contribution in [2.45, 2.75) is 49.6 Å². The maximum atomic E-state index is 13.1. The zero-order chi connectivity index (χ0) is 21.1. The third-order valence-corrected chi connectivity index (χ3v) is 6.35. The highest BCUT2D eigenvalue weighted by Gasteiger charge is 2.40. The van der Waals surface area contributed by atoms with Crippen molar-refractivity contribution in [1.29, 1.82) is 0 Å². The number of aromatic nitrogens is 3. The normalized spacial score (nSPS) is 22.7. The van der Waals surface area contributed by atoms with Crippen LogP contribution in [0.1, 0.15) is 55.3 Å². The number of fused-ring (bicyclic) bond motifs is 1. The summed E-state index contributed by atoms with van der Waals surface area (Å²) < 4.78 is 0. The van der Waals surface area contributed by atoms with Gasteiger partial charge in [0.15, 0.2) is 0 Å². The Balaban J connectivity index is 1.44. The molecule has 0 saturated heterocycles. The minimum Gasteiger partial charge on any atom is -0.396 e. The van der Waals surface area contributed by atoms with Crippen molar-refractivity contribution in [3.8, 4) is 0 Å². The van der Waals surface area contributed by atoms with Gasteiger partial charge >= 0.3 is 0 Å². The molecule has 0 aliphatic heterocycles. The lowest BCUT2D eigenvalue weighted by Crippen LogP contribution is -2.56. The predicted octanol–water partition coefficient (Wildman–Crippen LogP) is 3.21. The molecular weight excluding hydrogens is 402 g/mol. The lowest BCUT2D eigenvalue weighted by Gasteiger charge is -2.37. The third-order valence-electron chi connectivity index (χ3n) is 6.10. The van der Waals surface area contributed by atoms with Gasteiger partial charge in [-0.1, -0.05) is 23.7 Å². The van der Waals surface area contributed by atoms with Crippen LogP contribution in [0.4, 0.5) is 0 Å². The van der Waals surface area contributed by atoms with Crippen LogP contribution < -0.4 is 11.1 Å². The van der Waals surface area contributed by atoms with Gasteiger partial charge in [-0.25, -0.2) is 9.97 Å².